The van der Waals surface area contributed by atoms with Gasteiger partial charge in [0.1, 0.15) is 5.75 Å². The molecule has 1 aliphatic heterocycles. The largest absolute Gasteiger partial charge is 0.497 e. The average molecular weight is 304 g/mol. The highest BCUT2D eigenvalue weighted by atomic mass is 16.5. The van der Waals surface area contributed by atoms with Crippen molar-refractivity contribution in [2.24, 2.45) is 0 Å². The van der Waals surface area contributed by atoms with E-state index >= 15 is 0 Å². The Bertz CT molecular complexity index is 505. The van der Waals surface area contributed by atoms with E-state index in [0.717, 1.165) is 44.8 Å². The summed E-state index contributed by atoms with van der Waals surface area (Å²) in [5.74, 6) is 1.11. The summed E-state index contributed by atoms with van der Waals surface area (Å²) >= 11 is 0. The highest BCUT2D eigenvalue weighted by molar-refractivity contribution is 5.80. The summed E-state index contributed by atoms with van der Waals surface area (Å²) in [4.78, 5) is 15.9. The summed E-state index contributed by atoms with van der Waals surface area (Å²) < 4.78 is 5.20. The van der Waals surface area contributed by atoms with Gasteiger partial charge in [-0.1, -0.05) is 0 Å². The van der Waals surface area contributed by atoms with Crippen LogP contribution >= 0.6 is 0 Å². The Hall–Kier alpha value is -1.75. The molecule has 2 N–H and O–H groups in total. The van der Waals surface area contributed by atoms with Crippen molar-refractivity contribution < 1.29 is 14.4 Å². The number of anilines is 1. The van der Waals surface area contributed by atoms with Gasteiger partial charge in [0.15, 0.2) is 6.04 Å². The molecule has 5 nitrogen and oxygen atoms in total. The average Bonchev–Trinajstić information content (AvgIpc) is 3.38. The molecule has 0 unspecified atom stereocenters. The fraction of sp³-hybridized carbons (Fsp3) is 0.588. The number of benzene rings is 1. The molecule has 5 heteroatoms. The van der Waals surface area contributed by atoms with Crippen molar-refractivity contribution in [2.75, 3.05) is 38.2 Å². The Morgan fingerprint density at radius 3 is 2.45 bits per heavy atom. The minimum Gasteiger partial charge on any atom is -0.497 e. The van der Waals surface area contributed by atoms with Crippen LogP contribution in [0.5, 0.6) is 5.75 Å². The first-order valence-electron chi connectivity index (χ1n) is 8.21. The van der Waals surface area contributed by atoms with Crippen LogP contribution in [0.3, 0.4) is 0 Å². The van der Waals surface area contributed by atoms with Gasteiger partial charge in [0, 0.05) is 11.7 Å². The molecule has 0 spiro atoms. The highest BCUT2D eigenvalue weighted by Gasteiger charge is 2.32. The highest BCUT2D eigenvalue weighted by Crippen LogP contribution is 2.19. The van der Waals surface area contributed by atoms with Crippen molar-refractivity contribution in [3.63, 3.8) is 0 Å². The van der Waals surface area contributed by atoms with Gasteiger partial charge in [-0.3, -0.25) is 4.79 Å². The molecule has 1 heterocycles. The Labute approximate surface area is 132 Å². The topological polar surface area (TPSA) is 46.0 Å². The number of rotatable bonds is 5. The normalized spacial score (nSPS) is 20.5. The van der Waals surface area contributed by atoms with Crippen molar-refractivity contribution in [2.45, 2.75) is 31.8 Å². The van der Waals surface area contributed by atoms with Gasteiger partial charge < -0.3 is 19.9 Å². The van der Waals surface area contributed by atoms with E-state index in [4.69, 9.17) is 4.74 Å². The van der Waals surface area contributed by atoms with Crippen molar-refractivity contribution in [1.29, 1.82) is 0 Å². The summed E-state index contributed by atoms with van der Waals surface area (Å²) in [5, 5.41) is 3.12. The maximum absolute atomic E-state index is 12.2. The predicted octanol–water partition coefficient (Wildman–Crippen LogP) is 0.0672. The van der Waals surface area contributed by atoms with Crippen molar-refractivity contribution >= 4 is 11.6 Å². The number of hydrogen-bond donors (Lipinski definition) is 2. The number of methoxy groups -OCH3 is 1. The number of amides is 1. The molecule has 0 bridgehead atoms. The van der Waals surface area contributed by atoms with Gasteiger partial charge in [0.05, 0.1) is 33.3 Å². The maximum Gasteiger partial charge on any atom is 0.278 e. The van der Waals surface area contributed by atoms with Crippen LogP contribution in [0.1, 0.15) is 19.8 Å². The zero-order valence-corrected chi connectivity index (χ0v) is 13.5. The number of nitrogens with one attached hydrogen (secondary N) is 2. The smallest absolute Gasteiger partial charge is 0.278 e. The molecule has 1 saturated carbocycles. The van der Waals surface area contributed by atoms with E-state index in [0.29, 0.717) is 6.04 Å². The van der Waals surface area contributed by atoms with Crippen LogP contribution in [-0.2, 0) is 4.79 Å². The lowest BCUT2D eigenvalue weighted by Gasteiger charge is -2.36. The van der Waals surface area contributed by atoms with Gasteiger partial charge >= 0.3 is 0 Å². The quantitative estimate of drug-likeness (QED) is 0.809. The lowest BCUT2D eigenvalue weighted by Crippen LogP contribution is -3.19. The first-order valence-corrected chi connectivity index (χ1v) is 8.21. The van der Waals surface area contributed by atoms with Crippen LogP contribution in [0.4, 0.5) is 5.69 Å². The van der Waals surface area contributed by atoms with E-state index in [1.165, 1.54) is 10.6 Å². The Kier molecular flexibility index (Phi) is 4.52. The lowest BCUT2D eigenvalue weighted by atomic mass is 10.2. The lowest BCUT2D eigenvalue weighted by molar-refractivity contribution is -0.914. The minimum absolute atomic E-state index is 0.0543. The molecule has 0 aromatic heterocycles. The zero-order chi connectivity index (χ0) is 15.5. The third-order valence-corrected chi connectivity index (χ3v) is 4.77. The molecule has 1 saturated heterocycles. The van der Waals surface area contributed by atoms with Crippen LogP contribution in [0.25, 0.3) is 0 Å². The second-order valence-corrected chi connectivity index (χ2v) is 6.35. The number of nitrogens with zero attached hydrogens (tertiary/aromatic N) is 1. The van der Waals surface area contributed by atoms with Gasteiger partial charge in [0.2, 0.25) is 0 Å². The third-order valence-electron chi connectivity index (χ3n) is 4.77. The van der Waals surface area contributed by atoms with Crippen molar-refractivity contribution in [1.82, 2.24) is 5.32 Å². The number of piperazine rings is 1. The summed E-state index contributed by atoms with van der Waals surface area (Å²) in [6.07, 6.45) is 2.30. The van der Waals surface area contributed by atoms with Gasteiger partial charge in [-0.2, -0.15) is 0 Å². The van der Waals surface area contributed by atoms with E-state index in [1.807, 2.05) is 12.1 Å². The Morgan fingerprint density at radius 1 is 1.27 bits per heavy atom. The summed E-state index contributed by atoms with van der Waals surface area (Å²) in [6.45, 7) is 6.04. The van der Waals surface area contributed by atoms with Gasteiger partial charge in [-0.05, 0) is 44.0 Å². The number of ether oxygens (including phenoxy) is 1. The standard InChI is InChI=1S/C17H25N3O2/c1-13(17(21)18-14-3-4-14)19-9-11-20(12-10-19)15-5-7-16(22-2)8-6-15/h5-8,13-14H,3-4,9-12H2,1-2H3,(H,18,21)/p+1/t13-/m0/s1. The summed E-state index contributed by atoms with van der Waals surface area (Å²) in [5.41, 5.74) is 1.23. The van der Waals surface area contributed by atoms with Gasteiger partial charge in [-0.25, -0.2) is 0 Å². The van der Waals surface area contributed by atoms with Crippen molar-refractivity contribution in [3.05, 3.63) is 24.3 Å². The fourth-order valence-corrected chi connectivity index (χ4v) is 3.02. The van der Waals surface area contributed by atoms with E-state index in [2.05, 4.69) is 29.3 Å². The first-order chi connectivity index (χ1) is 10.7. The molecule has 1 aromatic rings. The zero-order valence-electron chi connectivity index (χ0n) is 13.5. The number of hydrogen-bond acceptors (Lipinski definition) is 3. The minimum atomic E-state index is 0.0543. The van der Waals surface area contributed by atoms with Crippen LogP contribution in [0.2, 0.25) is 0 Å². The van der Waals surface area contributed by atoms with Crippen LogP contribution < -0.4 is 19.9 Å². The van der Waals surface area contributed by atoms with Crippen LogP contribution in [0.15, 0.2) is 24.3 Å². The number of carbonyl (C=O) groups is 1. The molecule has 2 fully saturated rings. The number of carbonyl (C=O) groups excluding carboxylic acids is 1. The fourth-order valence-electron chi connectivity index (χ4n) is 3.02. The molecule has 1 atom stereocenters. The molecular weight excluding hydrogens is 278 g/mol. The summed E-state index contributed by atoms with van der Waals surface area (Å²) in [6, 6.07) is 8.72. The molecule has 22 heavy (non-hydrogen) atoms. The molecule has 120 valence electrons. The molecule has 3 rings (SSSR count). The molecule has 1 aromatic carbocycles. The molecule has 0 radical (unpaired) electrons. The van der Waals surface area contributed by atoms with Crippen LogP contribution in [0, 0.1) is 0 Å². The second-order valence-electron chi connectivity index (χ2n) is 6.35. The van der Waals surface area contributed by atoms with E-state index in [9.17, 15) is 4.79 Å². The molecule has 2 aliphatic rings. The molecule has 1 aliphatic carbocycles. The van der Waals surface area contributed by atoms with Gasteiger partial charge in [0.25, 0.3) is 5.91 Å². The molecular formula is C17H26N3O2+. The second kappa shape index (κ2) is 6.57. The predicted molar refractivity (Wildman–Crippen MR) is 86.5 cm³/mol. The van der Waals surface area contributed by atoms with E-state index in [-0.39, 0.29) is 11.9 Å². The Balaban J connectivity index is 1.51. The maximum atomic E-state index is 12.2. The van der Waals surface area contributed by atoms with Crippen molar-refractivity contribution in [3.8, 4) is 5.75 Å². The van der Waals surface area contributed by atoms with E-state index in [1.54, 1.807) is 7.11 Å². The summed E-state index contributed by atoms with van der Waals surface area (Å²) in [7, 11) is 1.69. The number of quaternary nitrogens is 1. The Morgan fingerprint density at radius 2 is 1.91 bits per heavy atom. The SMILES string of the molecule is COc1ccc(N2CC[NH+]([C@@H](C)C(=O)NC3CC3)CC2)cc1. The van der Waals surface area contributed by atoms with Gasteiger partial charge in [-0.15, -0.1) is 0 Å². The molecule has 1 amide bonds. The van der Waals surface area contributed by atoms with E-state index < -0.39 is 0 Å². The first kappa shape index (κ1) is 15.2. The monoisotopic (exact) mass is 304 g/mol. The van der Waals surface area contributed by atoms with Crippen LogP contribution in [-0.4, -0.2) is 51.3 Å². The third kappa shape index (κ3) is 3.53.